The van der Waals surface area contributed by atoms with E-state index in [1.54, 1.807) is 7.11 Å². The van der Waals surface area contributed by atoms with Gasteiger partial charge in [-0.05, 0) is 25.0 Å². The minimum absolute atomic E-state index is 0.0291. The molecule has 0 radical (unpaired) electrons. The second-order valence-corrected chi connectivity index (χ2v) is 6.29. The maximum atomic E-state index is 12.1. The molecule has 25 heavy (non-hydrogen) atoms. The topological polar surface area (TPSA) is 92.8 Å². The fraction of sp³-hybridized carbons (Fsp3) is 0.588. The molecule has 8 heteroatoms. The van der Waals surface area contributed by atoms with Crippen molar-refractivity contribution in [1.29, 1.82) is 0 Å². The lowest BCUT2D eigenvalue weighted by molar-refractivity contribution is -0.133. The van der Waals surface area contributed by atoms with Crippen LogP contribution in [0.1, 0.15) is 25.0 Å². The molecular formula is C17H24N4O4. The number of carbonyl (C=O) groups is 2. The highest BCUT2D eigenvalue weighted by molar-refractivity contribution is 5.94. The van der Waals surface area contributed by atoms with Crippen LogP contribution in [0.2, 0.25) is 0 Å². The fourth-order valence-electron chi connectivity index (χ4n) is 3.07. The van der Waals surface area contributed by atoms with Crippen LogP contribution in [0.3, 0.4) is 0 Å². The number of fused-ring (bicyclic) bond motifs is 1. The first-order valence-corrected chi connectivity index (χ1v) is 8.58. The molecule has 0 spiro atoms. The van der Waals surface area contributed by atoms with Crippen molar-refractivity contribution >= 4 is 17.6 Å². The average molecular weight is 348 g/mol. The lowest BCUT2D eigenvalue weighted by Gasteiger charge is -2.33. The van der Waals surface area contributed by atoms with Crippen LogP contribution < -0.4 is 15.4 Å². The van der Waals surface area contributed by atoms with Gasteiger partial charge in [-0.25, -0.2) is 4.98 Å². The molecule has 8 nitrogen and oxygen atoms in total. The third kappa shape index (κ3) is 4.67. The third-order valence-electron chi connectivity index (χ3n) is 4.40. The van der Waals surface area contributed by atoms with Gasteiger partial charge in [0.15, 0.2) is 18.2 Å². The molecule has 2 aliphatic heterocycles. The van der Waals surface area contributed by atoms with Gasteiger partial charge >= 0.3 is 0 Å². The molecule has 1 aromatic heterocycles. The molecule has 1 atom stereocenters. The number of pyridine rings is 1. The van der Waals surface area contributed by atoms with Gasteiger partial charge in [-0.2, -0.15) is 0 Å². The van der Waals surface area contributed by atoms with E-state index in [4.69, 9.17) is 9.47 Å². The number of aromatic nitrogens is 1. The number of rotatable bonds is 6. The molecular weight excluding hydrogens is 324 g/mol. The number of methoxy groups -OCH3 is 1. The number of piperidine rings is 1. The normalized spacial score (nSPS) is 19.8. The van der Waals surface area contributed by atoms with Crippen LogP contribution in [0.25, 0.3) is 0 Å². The summed E-state index contributed by atoms with van der Waals surface area (Å²) in [7, 11) is 1.60. The van der Waals surface area contributed by atoms with Gasteiger partial charge in [0.1, 0.15) is 0 Å². The molecule has 0 bridgehead atoms. The molecule has 3 rings (SSSR count). The van der Waals surface area contributed by atoms with Crippen LogP contribution in [-0.4, -0.2) is 61.2 Å². The Kier molecular flexibility index (Phi) is 5.83. The van der Waals surface area contributed by atoms with Crippen molar-refractivity contribution in [1.82, 2.24) is 15.2 Å². The summed E-state index contributed by atoms with van der Waals surface area (Å²) in [6, 6.07) is 3.94. The van der Waals surface area contributed by atoms with Gasteiger partial charge in [0.05, 0.1) is 18.7 Å². The van der Waals surface area contributed by atoms with Crippen molar-refractivity contribution in [2.24, 2.45) is 0 Å². The predicted molar refractivity (Wildman–Crippen MR) is 91.3 cm³/mol. The minimum atomic E-state index is -0.192. The molecule has 1 fully saturated rings. The smallest absolute Gasteiger partial charge is 0.263 e. The standard InChI is InChI=1S/C17H24N4O4/c1-24-8-6-16(23)21-7-2-3-13(10-21)18-9-12-4-5-14-17(19-12)20-15(22)11-25-14/h4-5,13,18H,2-3,6-11H2,1H3,(H,19,20,22). The molecule has 1 aromatic rings. The van der Waals surface area contributed by atoms with Crippen molar-refractivity contribution in [3.8, 4) is 5.75 Å². The molecule has 0 aliphatic carbocycles. The van der Waals surface area contributed by atoms with Crippen molar-refractivity contribution in [3.63, 3.8) is 0 Å². The molecule has 2 aliphatic rings. The van der Waals surface area contributed by atoms with Crippen LogP contribution in [-0.2, 0) is 20.9 Å². The Bertz CT molecular complexity index is 637. The van der Waals surface area contributed by atoms with E-state index < -0.39 is 0 Å². The van der Waals surface area contributed by atoms with E-state index in [9.17, 15) is 9.59 Å². The maximum Gasteiger partial charge on any atom is 0.263 e. The molecule has 1 saturated heterocycles. The lowest BCUT2D eigenvalue weighted by Crippen LogP contribution is -2.48. The first kappa shape index (κ1) is 17.6. The Balaban J connectivity index is 1.52. The SMILES string of the molecule is COCCC(=O)N1CCCC(NCc2ccc3c(n2)NC(=O)CO3)C1. The van der Waals surface area contributed by atoms with Gasteiger partial charge < -0.3 is 25.0 Å². The van der Waals surface area contributed by atoms with Crippen LogP contribution >= 0.6 is 0 Å². The average Bonchev–Trinajstić information content (AvgIpc) is 2.64. The number of anilines is 1. The highest BCUT2D eigenvalue weighted by Crippen LogP contribution is 2.25. The first-order chi connectivity index (χ1) is 12.2. The number of ether oxygens (including phenoxy) is 2. The van der Waals surface area contributed by atoms with E-state index in [-0.39, 0.29) is 24.5 Å². The van der Waals surface area contributed by atoms with E-state index in [0.29, 0.717) is 37.7 Å². The Morgan fingerprint density at radius 2 is 2.40 bits per heavy atom. The number of nitrogens with zero attached hydrogens (tertiary/aromatic N) is 2. The van der Waals surface area contributed by atoms with Gasteiger partial charge in [-0.15, -0.1) is 0 Å². The zero-order valence-electron chi connectivity index (χ0n) is 14.4. The van der Waals surface area contributed by atoms with Crippen LogP contribution in [0.4, 0.5) is 5.82 Å². The molecule has 2 N–H and O–H groups in total. The molecule has 0 aromatic carbocycles. The predicted octanol–water partition coefficient (Wildman–Crippen LogP) is 0.530. The number of likely N-dealkylation sites (tertiary alicyclic amines) is 1. The van der Waals surface area contributed by atoms with Crippen molar-refractivity contribution in [3.05, 3.63) is 17.8 Å². The fourth-order valence-corrected chi connectivity index (χ4v) is 3.07. The van der Waals surface area contributed by atoms with E-state index in [2.05, 4.69) is 15.6 Å². The largest absolute Gasteiger partial charge is 0.480 e. The number of hydrogen-bond donors (Lipinski definition) is 2. The quantitative estimate of drug-likeness (QED) is 0.779. The summed E-state index contributed by atoms with van der Waals surface area (Å²) in [5.41, 5.74) is 0.826. The Labute approximate surface area is 146 Å². The first-order valence-electron chi connectivity index (χ1n) is 8.58. The summed E-state index contributed by atoms with van der Waals surface area (Å²) < 4.78 is 10.3. The van der Waals surface area contributed by atoms with Crippen LogP contribution in [0.15, 0.2) is 12.1 Å². The summed E-state index contributed by atoms with van der Waals surface area (Å²) in [6.45, 7) is 2.57. The summed E-state index contributed by atoms with van der Waals surface area (Å²) in [5, 5.41) is 6.17. The van der Waals surface area contributed by atoms with Gasteiger partial charge in [-0.1, -0.05) is 0 Å². The monoisotopic (exact) mass is 348 g/mol. The Morgan fingerprint density at radius 1 is 1.52 bits per heavy atom. The number of amides is 2. The van der Waals surface area contributed by atoms with Gasteiger partial charge in [0, 0.05) is 32.8 Å². The molecule has 2 amide bonds. The number of hydrogen-bond acceptors (Lipinski definition) is 6. The second kappa shape index (κ2) is 8.26. The van der Waals surface area contributed by atoms with Crippen LogP contribution in [0, 0.1) is 0 Å². The zero-order valence-corrected chi connectivity index (χ0v) is 14.4. The van der Waals surface area contributed by atoms with Crippen molar-refractivity contribution < 1.29 is 19.1 Å². The molecule has 136 valence electrons. The Hall–Kier alpha value is -2.19. The zero-order chi connectivity index (χ0) is 17.6. The number of nitrogens with one attached hydrogen (secondary N) is 2. The van der Waals surface area contributed by atoms with Gasteiger partial charge in [-0.3, -0.25) is 9.59 Å². The minimum Gasteiger partial charge on any atom is -0.480 e. The third-order valence-corrected chi connectivity index (χ3v) is 4.40. The molecule has 1 unspecified atom stereocenters. The van der Waals surface area contributed by atoms with Gasteiger partial charge in [0.2, 0.25) is 5.91 Å². The summed E-state index contributed by atoms with van der Waals surface area (Å²) in [5.74, 6) is 1.01. The van der Waals surface area contributed by atoms with Gasteiger partial charge in [0.25, 0.3) is 5.91 Å². The Morgan fingerprint density at radius 3 is 3.24 bits per heavy atom. The molecule has 3 heterocycles. The maximum absolute atomic E-state index is 12.1. The highest BCUT2D eigenvalue weighted by atomic mass is 16.5. The van der Waals surface area contributed by atoms with Crippen molar-refractivity contribution in [2.75, 3.05) is 38.7 Å². The lowest BCUT2D eigenvalue weighted by atomic mass is 10.1. The molecule has 0 saturated carbocycles. The second-order valence-electron chi connectivity index (χ2n) is 6.29. The summed E-state index contributed by atoms with van der Waals surface area (Å²) in [4.78, 5) is 29.8. The summed E-state index contributed by atoms with van der Waals surface area (Å²) >= 11 is 0. The van der Waals surface area contributed by atoms with E-state index in [1.165, 1.54) is 0 Å². The van der Waals surface area contributed by atoms with E-state index in [1.807, 2.05) is 17.0 Å². The van der Waals surface area contributed by atoms with E-state index >= 15 is 0 Å². The highest BCUT2D eigenvalue weighted by Gasteiger charge is 2.23. The summed E-state index contributed by atoms with van der Waals surface area (Å²) in [6.07, 6.45) is 2.44. The van der Waals surface area contributed by atoms with Crippen molar-refractivity contribution in [2.45, 2.75) is 31.8 Å². The number of carbonyl (C=O) groups excluding carboxylic acids is 2. The van der Waals surface area contributed by atoms with Crippen LogP contribution in [0.5, 0.6) is 5.75 Å². The van der Waals surface area contributed by atoms with E-state index in [0.717, 1.165) is 25.1 Å².